The van der Waals surface area contributed by atoms with E-state index >= 15 is 0 Å². The van der Waals surface area contributed by atoms with Gasteiger partial charge in [0.15, 0.2) is 6.10 Å². The van der Waals surface area contributed by atoms with Crippen LogP contribution in [-0.2, 0) is 33.3 Å². The number of carbonyl (C=O) groups is 3. The molecule has 9 heteroatoms. The van der Waals surface area contributed by atoms with Crippen LogP contribution in [0.15, 0.2) is 36.5 Å². The predicted octanol–water partition coefficient (Wildman–Crippen LogP) is 26.3. The smallest absolute Gasteiger partial charge is 0.361 e. The molecule has 9 nitrogen and oxygen atoms in total. The van der Waals surface area contributed by atoms with Crippen LogP contribution in [0.1, 0.15) is 425 Å². The normalized spacial score (nSPS) is 12.7. The van der Waals surface area contributed by atoms with Crippen LogP contribution in [0.5, 0.6) is 0 Å². The van der Waals surface area contributed by atoms with Crippen molar-refractivity contribution in [1.82, 2.24) is 0 Å². The zero-order valence-electron chi connectivity index (χ0n) is 63.0. The highest BCUT2D eigenvalue weighted by Gasteiger charge is 2.25. The molecule has 0 fully saturated rings. The summed E-state index contributed by atoms with van der Waals surface area (Å²) in [7, 11) is 6.00. The van der Waals surface area contributed by atoms with Crippen LogP contribution in [-0.4, -0.2) is 87.4 Å². The highest BCUT2D eigenvalue weighted by atomic mass is 16.7. The van der Waals surface area contributed by atoms with Crippen molar-refractivity contribution in [1.29, 1.82) is 0 Å². The Morgan fingerprint density at radius 1 is 0.323 bits per heavy atom. The average molecular weight is 1310 g/mol. The summed E-state index contributed by atoms with van der Waals surface area (Å²) >= 11 is 0. The number of hydrogen-bond acceptors (Lipinski definition) is 7. The first-order chi connectivity index (χ1) is 45.6. The Kier molecular flexibility index (Phi) is 73.3. The van der Waals surface area contributed by atoms with Crippen LogP contribution in [0.25, 0.3) is 0 Å². The lowest BCUT2D eigenvalue weighted by molar-refractivity contribution is -0.870. The quantitative estimate of drug-likeness (QED) is 0.0211. The van der Waals surface area contributed by atoms with Crippen molar-refractivity contribution in [2.45, 2.75) is 437 Å². The van der Waals surface area contributed by atoms with Crippen molar-refractivity contribution < 1.29 is 42.9 Å². The molecule has 0 aliphatic carbocycles. The molecule has 2 unspecified atom stereocenters. The first-order valence-electron chi connectivity index (χ1n) is 41.2. The van der Waals surface area contributed by atoms with Gasteiger partial charge in [0.25, 0.3) is 6.29 Å². The van der Waals surface area contributed by atoms with Crippen molar-refractivity contribution in [2.24, 2.45) is 0 Å². The Morgan fingerprint density at radius 2 is 0.581 bits per heavy atom. The molecule has 0 spiro atoms. The summed E-state index contributed by atoms with van der Waals surface area (Å²) in [6.07, 6.45) is 94.6. The molecule has 0 radical (unpaired) electrons. The molecular weight excluding hydrogens is 1150 g/mol. The van der Waals surface area contributed by atoms with E-state index in [1.54, 1.807) is 0 Å². The molecule has 1 N–H and O–H groups in total. The van der Waals surface area contributed by atoms with Crippen LogP contribution in [0, 0.1) is 0 Å². The SMILES string of the molecule is CCCCCCC/C=C\C/C=C\CCCCCCCCCCCCCCCCCCCCCCCCCCCCCCCC(=O)OC(COC(=O)CCCCCCCCCCCCCCCCC/C=C\CCCCCCCCCC)COC(OCC[N+](C)(C)C)C(=O)O. The minimum atomic E-state index is -1.51. The van der Waals surface area contributed by atoms with Gasteiger partial charge < -0.3 is 28.5 Å². The lowest BCUT2D eigenvalue weighted by Crippen LogP contribution is -2.40. The van der Waals surface area contributed by atoms with Crippen molar-refractivity contribution in [2.75, 3.05) is 47.5 Å². The van der Waals surface area contributed by atoms with Gasteiger partial charge in [-0.05, 0) is 70.6 Å². The summed E-state index contributed by atoms with van der Waals surface area (Å²) in [5.74, 6) is -1.97. The van der Waals surface area contributed by atoms with E-state index in [-0.39, 0.29) is 38.2 Å². The molecule has 0 aromatic carbocycles. The first kappa shape index (κ1) is 90.5. The largest absolute Gasteiger partial charge is 0.477 e. The number of aliphatic carboxylic acids is 1. The van der Waals surface area contributed by atoms with E-state index in [4.69, 9.17) is 18.9 Å². The maximum absolute atomic E-state index is 13.0. The fourth-order valence-corrected chi connectivity index (χ4v) is 12.6. The lowest BCUT2D eigenvalue weighted by Gasteiger charge is -2.25. The zero-order valence-corrected chi connectivity index (χ0v) is 63.0. The third-order valence-corrected chi connectivity index (χ3v) is 18.9. The van der Waals surface area contributed by atoms with Crippen molar-refractivity contribution in [3.63, 3.8) is 0 Å². The van der Waals surface area contributed by atoms with E-state index in [2.05, 4.69) is 50.3 Å². The van der Waals surface area contributed by atoms with Gasteiger partial charge in [0.1, 0.15) is 13.2 Å². The minimum Gasteiger partial charge on any atom is -0.477 e. The number of carboxylic acid groups (broad SMARTS) is 1. The maximum Gasteiger partial charge on any atom is 0.361 e. The van der Waals surface area contributed by atoms with E-state index in [1.807, 2.05) is 21.1 Å². The van der Waals surface area contributed by atoms with Crippen molar-refractivity contribution >= 4 is 17.9 Å². The molecule has 0 aliphatic heterocycles. The van der Waals surface area contributed by atoms with E-state index in [9.17, 15) is 19.5 Å². The second kappa shape index (κ2) is 75.3. The number of allylic oxidation sites excluding steroid dienone is 6. The van der Waals surface area contributed by atoms with Crippen molar-refractivity contribution in [3.8, 4) is 0 Å². The summed E-state index contributed by atoms with van der Waals surface area (Å²) in [6.45, 7) is 4.95. The van der Waals surface area contributed by atoms with Gasteiger partial charge in [-0.3, -0.25) is 9.59 Å². The molecular formula is C84H160NO8+. The van der Waals surface area contributed by atoms with Crippen LogP contribution in [0.3, 0.4) is 0 Å². The van der Waals surface area contributed by atoms with Gasteiger partial charge in [0, 0.05) is 12.8 Å². The third kappa shape index (κ3) is 76.7. The number of carboxylic acids is 1. The maximum atomic E-state index is 13.0. The topological polar surface area (TPSA) is 108 Å². The molecule has 93 heavy (non-hydrogen) atoms. The summed E-state index contributed by atoms with van der Waals surface area (Å²) < 4.78 is 23.1. The first-order valence-corrected chi connectivity index (χ1v) is 41.2. The molecule has 2 atom stereocenters. The number of quaternary nitrogens is 1. The Balaban J connectivity index is 3.92. The van der Waals surface area contributed by atoms with Crippen LogP contribution in [0.2, 0.25) is 0 Å². The number of unbranched alkanes of at least 4 members (excludes halogenated alkanes) is 57. The van der Waals surface area contributed by atoms with Gasteiger partial charge in [-0.25, -0.2) is 4.79 Å². The summed E-state index contributed by atoms with van der Waals surface area (Å²) in [4.78, 5) is 37.7. The molecule has 0 saturated heterocycles. The van der Waals surface area contributed by atoms with Crippen molar-refractivity contribution in [3.05, 3.63) is 36.5 Å². The number of likely N-dealkylation sites (N-methyl/N-ethyl adjacent to an activating group) is 1. The molecule has 0 bridgehead atoms. The van der Waals surface area contributed by atoms with Crippen LogP contribution >= 0.6 is 0 Å². The highest BCUT2D eigenvalue weighted by molar-refractivity contribution is 5.71. The van der Waals surface area contributed by atoms with E-state index in [1.165, 1.54) is 353 Å². The van der Waals surface area contributed by atoms with E-state index in [0.29, 0.717) is 17.4 Å². The minimum absolute atomic E-state index is 0.175. The van der Waals surface area contributed by atoms with E-state index < -0.39 is 18.4 Å². The molecule has 0 saturated carbocycles. The Hall–Kier alpha value is -2.49. The Labute approximate surface area is 579 Å². The molecule has 0 amide bonds. The predicted molar refractivity (Wildman–Crippen MR) is 401 cm³/mol. The van der Waals surface area contributed by atoms with Gasteiger partial charge >= 0.3 is 17.9 Å². The molecule has 0 aliphatic rings. The van der Waals surface area contributed by atoms with Crippen LogP contribution < -0.4 is 0 Å². The van der Waals surface area contributed by atoms with Gasteiger partial charge in [0.2, 0.25) is 0 Å². The zero-order chi connectivity index (χ0) is 67.5. The van der Waals surface area contributed by atoms with Gasteiger partial charge in [-0.15, -0.1) is 0 Å². The molecule has 0 heterocycles. The summed E-state index contributed by atoms with van der Waals surface area (Å²) in [6, 6.07) is 0. The average Bonchev–Trinajstić information content (AvgIpc) is 3.38. The fourth-order valence-electron chi connectivity index (χ4n) is 12.6. The number of esters is 2. The van der Waals surface area contributed by atoms with E-state index in [0.717, 1.165) is 44.9 Å². The van der Waals surface area contributed by atoms with Crippen LogP contribution in [0.4, 0.5) is 0 Å². The number of carbonyl (C=O) groups excluding carboxylic acids is 2. The Bertz CT molecular complexity index is 1620. The molecule has 548 valence electrons. The molecule has 0 aromatic heterocycles. The monoisotopic (exact) mass is 1310 g/mol. The lowest BCUT2D eigenvalue weighted by atomic mass is 10.0. The molecule has 0 rings (SSSR count). The highest BCUT2D eigenvalue weighted by Crippen LogP contribution is 2.20. The number of ether oxygens (including phenoxy) is 4. The number of rotatable bonds is 78. The summed E-state index contributed by atoms with van der Waals surface area (Å²) in [5.41, 5.74) is 0. The second-order valence-corrected chi connectivity index (χ2v) is 29.4. The van der Waals surface area contributed by atoms with Gasteiger partial charge in [-0.2, -0.15) is 0 Å². The number of nitrogens with zero attached hydrogens (tertiary/aromatic N) is 1. The standard InChI is InChI=1S/C84H159NO8/c1-6-8-10-12-14-16-18-20-22-24-26-28-30-32-34-35-36-37-38-39-40-41-42-43-44-45-46-47-49-51-53-55-57-59-61-63-65-67-69-71-73-75-82(87)93-80(79-92-84(83(88)89)90-77-76-85(3,4)5)78-91-81(86)74-72-70-68-66-64-62-60-58-56-54-52-50-48-33-31-29-27-25-23-21-19-17-15-13-11-9-7-2/h18,20,24-27,80,84H,6-17,19,21-23,28-79H2,1-5H3/p+1/b20-18-,26-24-,27-25-. The third-order valence-electron chi connectivity index (χ3n) is 18.9. The number of hydrogen-bond donors (Lipinski definition) is 1. The fraction of sp³-hybridized carbons (Fsp3) is 0.893. The van der Waals surface area contributed by atoms with Gasteiger partial charge in [-0.1, -0.05) is 378 Å². The van der Waals surface area contributed by atoms with Gasteiger partial charge in [0.05, 0.1) is 34.4 Å². The second-order valence-electron chi connectivity index (χ2n) is 29.4. The molecule has 0 aromatic rings. The summed E-state index contributed by atoms with van der Waals surface area (Å²) in [5, 5.41) is 9.77. The Morgan fingerprint density at radius 3 is 0.860 bits per heavy atom.